The minimum Gasteiger partial charge on any atom is -0.366 e. The maximum Gasteiger partial charge on any atom is 0.315 e. The number of rotatable bonds is 5. The molecule has 1 atom stereocenters. The third-order valence-electron chi connectivity index (χ3n) is 4.55. The summed E-state index contributed by atoms with van der Waals surface area (Å²) < 4.78 is 14.0. The Hall–Kier alpha value is -3.42. The molecule has 7 nitrogen and oxygen atoms in total. The van der Waals surface area contributed by atoms with Gasteiger partial charge >= 0.3 is 6.03 Å². The van der Waals surface area contributed by atoms with Gasteiger partial charge < -0.3 is 21.3 Å². The summed E-state index contributed by atoms with van der Waals surface area (Å²) in [6.07, 6.45) is 1.13. The molecule has 1 saturated heterocycles. The molecule has 28 heavy (non-hydrogen) atoms. The van der Waals surface area contributed by atoms with Gasteiger partial charge in [-0.1, -0.05) is 24.3 Å². The van der Waals surface area contributed by atoms with Crippen LogP contribution in [0.1, 0.15) is 28.8 Å². The second kappa shape index (κ2) is 8.51. The van der Waals surface area contributed by atoms with Gasteiger partial charge in [-0.3, -0.25) is 9.59 Å². The fourth-order valence-electron chi connectivity index (χ4n) is 3.15. The molecule has 0 aromatic heterocycles. The molecule has 2 aromatic carbocycles. The van der Waals surface area contributed by atoms with Crippen molar-refractivity contribution < 1.29 is 18.8 Å². The highest BCUT2D eigenvalue weighted by Gasteiger charge is 2.31. The molecule has 4 N–H and O–H groups in total. The zero-order chi connectivity index (χ0) is 20.1. The largest absolute Gasteiger partial charge is 0.366 e. The number of primary amides is 1. The van der Waals surface area contributed by atoms with Gasteiger partial charge in [-0.15, -0.1) is 0 Å². The van der Waals surface area contributed by atoms with Crippen molar-refractivity contribution in [3.05, 3.63) is 65.5 Å². The molecule has 0 saturated carbocycles. The lowest BCUT2D eigenvalue weighted by Gasteiger charge is -2.32. The van der Waals surface area contributed by atoms with Crippen LogP contribution in [-0.2, 0) is 11.3 Å². The van der Waals surface area contributed by atoms with Gasteiger partial charge in [-0.05, 0) is 42.7 Å². The van der Waals surface area contributed by atoms with Crippen LogP contribution >= 0.6 is 0 Å². The van der Waals surface area contributed by atoms with Gasteiger partial charge in [0.2, 0.25) is 11.8 Å². The number of anilines is 1. The topological polar surface area (TPSA) is 105 Å². The van der Waals surface area contributed by atoms with Crippen molar-refractivity contribution in [1.82, 2.24) is 10.6 Å². The van der Waals surface area contributed by atoms with E-state index in [1.165, 1.54) is 11.0 Å². The van der Waals surface area contributed by atoms with Gasteiger partial charge in [0.25, 0.3) is 0 Å². The molecule has 8 heteroatoms. The molecule has 3 rings (SSSR count). The first kappa shape index (κ1) is 19.3. The summed E-state index contributed by atoms with van der Waals surface area (Å²) in [5.74, 6) is -1.37. The average molecular weight is 384 g/mol. The maximum absolute atomic E-state index is 14.0. The Labute approximate surface area is 161 Å². The lowest BCUT2D eigenvalue weighted by molar-refractivity contribution is -0.121. The van der Waals surface area contributed by atoms with E-state index in [9.17, 15) is 18.8 Å². The predicted octanol–water partition coefficient (Wildman–Crippen LogP) is 1.92. The lowest BCUT2D eigenvalue weighted by Crippen LogP contribution is -2.54. The third-order valence-corrected chi connectivity index (χ3v) is 4.55. The van der Waals surface area contributed by atoms with Crippen molar-refractivity contribution in [2.45, 2.75) is 25.4 Å². The van der Waals surface area contributed by atoms with Crippen molar-refractivity contribution in [1.29, 1.82) is 0 Å². The molecule has 0 bridgehead atoms. The first-order chi connectivity index (χ1) is 13.5. The summed E-state index contributed by atoms with van der Waals surface area (Å²) >= 11 is 0. The quantitative estimate of drug-likeness (QED) is 0.733. The Balaban J connectivity index is 1.59. The van der Waals surface area contributed by atoms with Gasteiger partial charge in [0.05, 0.1) is 5.69 Å². The van der Waals surface area contributed by atoms with E-state index in [2.05, 4.69) is 10.6 Å². The van der Waals surface area contributed by atoms with Crippen LogP contribution in [0.15, 0.2) is 48.5 Å². The van der Waals surface area contributed by atoms with Crippen LogP contribution in [0.25, 0.3) is 0 Å². The first-order valence-corrected chi connectivity index (χ1v) is 8.94. The van der Waals surface area contributed by atoms with E-state index in [1.807, 2.05) is 0 Å². The number of nitrogens with zero attached hydrogens (tertiary/aromatic N) is 1. The van der Waals surface area contributed by atoms with E-state index in [-0.39, 0.29) is 18.1 Å². The second-order valence-electron chi connectivity index (χ2n) is 6.53. The number of hydrogen-bond donors (Lipinski definition) is 3. The van der Waals surface area contributed by atoms with Crippen LogP contribution in [0.2, 0.25) is 0 Å². The van der Waals surface area contributed by atoms with Crippen LogP contribution < -0.4 is 21.3 Å². The highest BCUT2D eigenvalue weighted by Crippen LogP contribution is 2.23. The molecule has 1 unspecified atom stereocenters. The van der Waals surface area contributed by atoms with Gasteiger partial charge in [-0.25, -0.2) is 9.18 Å². The fraction of sp³-hybridized carbons (Fsp3) is 0.250. The molecule has 2 aromatic rings. The maximum atomic E-state index is 14.0. The van der Waals surface area contributed by atoms with Crippen LogP contribution in [0, 0.1) is 5.82 Å². The van der Waals surface area contributed by atoms with Crippen LogP contribution in [0.5, 0.6) is 0 Å². The summed E-state index contributed by atoms with van der Waals surface area (Å²) in [6, 6.07) is 11.4. The molecule has 0 aliphatic carbocycles. The van der Waals surface area contributed by atoms with Gasteiger partial charge in [-0.2, -0.15) is 0 Å². The number of nitrogens with one attached hydrogen (secondary N) is 2. The van der Waals surface area contributed by atoms with Gasteiger partial charge in [0.15, 0.2) is 0 Å². The number of halogens is 1. The Bertz CT molecular complexity index is 903. The van der Waals surface area contributed by atoms with Crippen molar-refractivity contribution in [3.8, 4) is 0 Å². The minimum atomic E-state index is -0.731. The Morgan fingerprint density at radius 3 is 2.71 bits per heavy atom. The number of benzene rings is 2. The Morgan fingerprint density at radius 1 is 1.18 bits per heavy atom. The molecule has 1 fully saturated rings. The van der Waals surface area contributed by atoms with Crippen LogP contribution in [0.3, 0.4) is 0 Å². The monoisotopic (exact) mass is 384 g/mol. The lowest BCUT2D eigenvalue weighted by atomic mass is 10.0. The zero-order valence-corrected chi connectivity index (χ0v) is 15.2. The van der Waals surface area contributed by atoms with Crippen molar-refractivity contribution in [2.24, 2.45) is 5.73 Å². The van der Waals surface area contributed by atoms with E-state index in [1.54, 1.807) is 42.5 Å². The smallest absolute Gasteiger partial charge is 0.315 e. The number of piperidine rings is 1. The zero-order valence-electron chi connectivity index (χ0n) is 15.2. The van der Waals surface area contributed by atoms with E-state index < -0.39 is 23.8 Å². The predicted molar refractivity (Wildman–Crippen MR) is 102 cm³/mol. The molecule has 1 aliphatic heterocycles. The summed E-state index contributed by atoms with van der Waals surface area (Å²) in [7, 11) is 0. The van der Waals surface area contributed by atoms with E-state index >= 15 is 0 Å². The fourth-order valence-corrected chi connectivity index (χ4v) is 3.15. The Kier molecular flexibility index (Phi) is 5.88. The molecule has 146 valence electrons. The summed E-state index contributed by atoms with van der Waals surface area (Å²) in [4.78, 5) is 37.4. The van der Waals surface area contributed by atoms with E-state index in [0.717, 1.165) is 0 Å². The van der Waals surface area contributed by atoms with Crippen LogP contribution in [-0.4, -0.2) is 30.4 Å². The van der Waals surface area contributed by atoms with Crippen molar-refractivity contribution in [2.75, 3.05) is 11.4 Å². The number of carbonyl (C=O) groups is 3. The molecule has 0 radical (unpaired) electrons. The minimum absolute atomic E-state index is 0.172. The second-order valence-corrected chi connectivity index (χ2v) is 6.53. The normalized spacial score (nSPS) is 16.5. The summed E-state index contributed by atoms with van der Waals surface area (Å²) in [6.45, 7) is 0.574. The molecular weight excluding hydrogens is 363 g/mol. The molecule has 0 spiro atoms. The molecule has 1 aliphatic rings. The standard InChI is InChI=1S/C20H21FN4O3/c21-15-7-1-2-9-17(15)25-10-4-8-16(19(25)27)24-20(28)23-12-13-5-3-6-14(11-13)18(22)26/h1-3,5-7,9,11,16H,4,8,10,12H2,(H2,22,26)(H2,23,24,28). The number of urea groups is 1. The van der Waals surface area contributed by atoms with Gasteiger partial charge in [0.1, 0.15) is 11.9 Å². The summed E-state index contributed by atoms with van der Waals surface area (Å²) in [5, 5.41) is 5.29. The number of para-hydroxylation sites is 1. The number of amides is 4. The highest BCUT2D eigenvalue weighted by atomic mass is 19.1. The number of nitrogens with two attached hydrogens (primary N) is 1. The Morgan fingerprint density at radius 2 is 1.96 bits per heavy atom. The van der Waals surface area contributed by atoms with Crippen molar-refractivity contribution >= 4 is 23.5 Å². The highest BCUT2D eigenvalue weighted by molar-refractivity contribution is 5.99. The first-order valence-electron chi connectivity index (χ1n) is 8.94. The molecular formula is C20H21FN4O3. The van der Waals surface area contributed by atoms with Crippen LogP contribution in [0.4, 0.5) is 14.9 Å². The number of hydrogen-bond acceptors (Lipinski definition) is 3. The molecule has 4 amide bonds. The van der Waals surface area contributed by atoms with Gasteiger partial charge in [0, 0.05) is 18.7 Å². The van der Waals surface area contributed by atoms with E-state index in [0.29, 0.717) is 30.5 Å². The summed E-state index contributed by atoms with van der Waals surface area (Å²) in [5.41, 5.74) is 6.51. The molecule has 1 heterocycles. The third kappa shape index (κ3) is 4.46. The average Bonchev–Trinajstić information content (AvgIpc) is 2.69. The van der Waals surface area contributed by atoms with E-state index in [4.69, 9.17) is 5.73 Å². The number of carbonyl (C=O) groups excluding carboxylic acids is 3. The van der Waals surface area contributed by atoms with Crippen molar-refractivity contribution in [3.63, 3.8) is 0 Å². The SMILES string of the molecule is NC(=O)c1cccc(CNC(=O)NC2CCCN(c3ccccc3F)C2=O)c1.